The fourth-order valence-corrected chi connectivity index (χ4v) is 3.86. The van der Waals surface area contributed by atoms with E-state index in [9.17, 15) is 4.79 Å². The lowest BCUT2D eigenvalue weighted by molar-refractivity contribution is 0.0998. The van der Waals surface area contributed by atoms with Crippen LogP contribution in [0.5, 0.6) is 5.75 Å². The van der Waals surface area contributed by atoms with E-state index in [1.165, 1.54) is 0 Å². The molecule has 1 amide bonds. The molecular weight excluding hydrogens is 396 g/mol. The number of furan rings is 1. The molecule has 4 heterocycles. The highest BCUT2D eigenvalue weighted by molar-refractivity contribution is 6.06. The molecule has 1 aromatic carbocycles. The SMILES string of the molecule is COc1cc2nn(C)cc2cc1NC(=O)c1cc2nc(N3CCN(C)CC3)ccc2o1. The van der Waals surface area contributed by atoms with Gasteiger partial charge in [-0.3, -0.25) is 9.48 Å². The predicted octanol–water partition coefficient (Wildman–Crippen LogP) is 2.73. The van der Waals surface area contributed by atoms with E-state index >= 15 is 0 Å². The number of hydrogen-bond acceptors (Lipinski definition) is 7. The number of likely N-dealkylation sites (N-methyl/N-ethyl adjacent to an activating group) is 1. The summed E-state index contributed by atoms with van der Waals surface area (Å²) in [5.41, 5.74) is 2.59. The Labute approximate surface area is 179 Å². The van der Waals surface area contributed by atoms with Crippen LogP contribution in [-0.2, 0) is 7.05 Å². The van der Waals surface area contributed by atoms with Crippen molar-refractivity contribution in [1.29, 1.82) is 0 Å². The van der Waals surface area contributed by atoms with E-state index in [2.05, 4.69) is 27.3 Å². The standard InChI is InChI=1S/C22H24N6O3/c1-26-6-8-28(9-7-26)21-5-4-18-17(23-21)12-20(31-18)22(29)24-16-10-14-13-27(2)25-15(14)11-19(16)30-3/h4-5,10-13H,6-9H2,1-3H3,(H,24,29). The maximum absolute atomic E-state index is 12.9. The van der Waals surface area contributed by atoms with Crippen molar-refractivity contribution in [3.63, 3.8) is 0 Å². The summed E-state index contributed by atoms with van der Waals surface area (Å²) < 4.78 is 12.9. The quantitative estimate of drug-likeness (QED) is 0.543. The molecule has 3 aromatic heterocycles. The number of ether oxygens (including phenoxy) is 1. The van der Waals surface area contributed by atoms with Crippen molar-refractivity contribution in [3.8, 4) is 5.75 Å². The van der Waals surface area contributed by atoms with E-state index in [4.69, 9.17) is 14.1 Å². The van der Waals surface area contributed by atoms with Crippen molar-refractivity contribution in [3.05, 3.63) is 42.3 Å². The van der Waals surface area contributed by atoms with Crippen molar-refractivity contribution < 1.29 is 13.9 Å². The van der Waals surface area contributed by atoms with Crippen LogP contribution in [0.4, 0.5) is 11.5 Å². The Morgan fingerprint density at radius 3 is 2.68 bits per heavy atom. The molecule has 0 aliphatic carbocycles. The highest BCUT2D eigenvalue weighted by Crippen LogP contribution is 2.30. The molecular formula is C22H24N6O3. The van der Waals surface area contributed by atoms with Gasteiger partial charge in [-0.05, 0) is 25.2 Å². The van der Waals surface area contributed by atoms with Crippen LogP contribution in [0, 0.1) is 0 Å². The summed E-state index contributed by atoms with van der Waals surface area (Å²) in [6.07, 6.45) is 1.88. The van der Waals surface area contributed by atoms with Gasteiger partial charge in [0.1, 0.15) is 17.1 Å². The smallest absolute Gasteiger partial charge is 0.291 e. The summed E-state index contributed by atoms with van der Waals surface area (Å²) >= 11 is 0. The van der Waals surface area contributed by atoms with E-state index in [1.807, 2.05) is 31.4 Å². The van der Waals surface area contributed by atoms with Gasteiger partial charge < -0.3 is 24.3 Å². The lowest BCUT2D eigenvalue weighted by Crippen LogP contribution is -2.44. The summed E-state index contributed by atoms with van der Waals surface area (Å²) in [7, 11) is 5.53. The minimum atomic E-state index is -0.360. The fourth-order valence-electron chi connectivity index (χ4n) is 3.86. The number of carbonyl (C=O) groups is 1. The number of pyridine rings is 1. The largest absolute Gasteiger partial charge is 0.494 e. The lowest BCUT2D eigenvalue weighted by Gasteiger charge is -2.33. The first-order valence-electron chi connectivity index (χ1n) is 10.2. The molecule has 1 fully saturated rings. The number of amides is 1. The first kappa shape index (κ1) is 19.4. The third kappa shape index (κ3) is 3.68. The zero-order valence-corrected chi connectivity index (χ0v) is 17.8. The third-order valence-electron chi connectivity index (χ3n) is 5.60. The number of carbonyl (C=O) groups excluding carboxylic acids is 1. The molecule has 9 heteroatoms. The molecule has 0 spiro atoms. The minimum Gasteiger partial charge on any atom is -0.494 e. The Balaban J connectivity index is 1.40. The van der Waals surface area contributed by atoms with Crippen molar-refractivity contribution in [2.75, 3.05) is 50.6 Å². The van der Waals surface area contributed by atoms with Gasteiger partial charge >= 0.3 is 0 Å². The molecule has 0 saturated carbocycles. The maximum Gasteiger partial charge on any atom is 0.291 e. The van der Waals surface area contributed by atoms with E-state index in [0.717, 1.165) is 42.9 Å². The normalized spacial score (nSPS) is 15.0. The van der Waals surface area contributed by atoms with Gasteiger partial charge in [-0.15, -0.1) is 0 Å². The average molecular weight is 420 g/mol. The predicted molar refractivity (Wildman–Crippen MR) is 119 cm³/mol. The molecule has 1 aliphatic heterocycles. The third-order valence-corrected chi connectivity index (χ3v) is 5.60. The number of anilines is 2. The lowest BCUT2D eigenvalue weighted by atomic mass is 10.2. The molecule has 1 aliphatic rings. The molecule has 160 valence electrons. The van der Waals surface area contributed by atoms with Crippen LogP contribution in [0.1, 0.15) is 10.6 Å². The van der Waals surface area contributed by atoms with Gasteiger partial charge in [0.25, 0.3) is 5.91 Å². The topological polar surface area (TPSA) is 88.7 Å². The first-order chi connectivity index (χ1) is 15.0. The Hall–Kier alpha value is -3.59. The van der Waals surface area contributed by atoms with Gasteiger partial charge in [0.2, 0.25) is 0 Å². The van der Waals surface area contributed by atoms with Crippen molar-refractivity contribution in [2.45, 2.75) is 0 Å². The second-order valence-corrected chi connectivity index (χ2v) is 7.82. The average Bonchev–Trinajstić information content (AvgIpc) is 3.35. The van der Waals surface area contributed by atoms with E-state index in [1.54, 1.807) is 23.9 Å². The van der Waals surface area contributed by atoms with E-state index in [-0.39, 0.29) is 11.7 Å². The number of nitrogens with one attached hydrogen (secondary N) is 1. The molecule has 5 rings (SSSR count). The Kier molecular flexibility index (Phi) is 4.74. The summed E-state index contributed by atoms with van der Waals surface area (Å²) in [5, 5.41) is 8.16. The molecule has 1 N–H and O–H groups in total. The summed E-state index contributed by atoms with van der Waals surface area (Å²) in [6.45, 7) is 3.86. The van der Waals surface area contributed by atoms with Crippen molar-refractivity contribution in [2.24, 2.45) is 7.05 Å². The number of piperazine rings is 1. The molecule has 0 radical (unpaired) electrons. The van der Waals surface area contributed by atoms with Crippen LogP contribution in [0.3, 0.4) is 0 Å². The van der Waals surface area contributed by atoms with Gasteiger partial charge in [0.05, 0.1) is 18.3 Å². The summed E-state index contributed by atoms with van der Waals surface area (Å²) in [5.74, 6) is 1.27. The number of aryl methyl sites for hydroxylation is 1. The molecule has 0 atom stereocenters. The van der Waals surface area contributed by atoms with Crippen LogP contribution in [0.25, 0.3) is 22.0 Å². The number of fused-ring (bicyclic) bond motifs is 2. The molecule has 1 saturated heterocycles. The molecule has 4 aromatic rings. The fraction of sp³-hybridized carbons (Fsp3) is 0.318. The van der Waals surface area contributed by atoms with Gasteiger partial charge in [-0.25, -0.2) is 4.98 Å². The van der Waals surface area contributed by atoms with Crippen LogP contribution in [0.15, 0.2) is 40.9 Å². The van der Waals surface area contributed by atoms with Crippen LogP contribution in [-0.4, -0.2) is 65.9 Å². The number of nitrogens with zero attached hydrogens (tertiary/aromatic N) is 5. The highest BCUT2D eigenvalue weighted by Gasteiger charge is 2.19. The van der Waals surface area contributed by atoms with Crippen LogP contribution >= 0.6 is 0 Å². The van der Waals surface area contributed by atoms with Gasteiger partial charge in [0, 0.05) is 56.9 Å². The van der Waals surface area contributed by atoms with Gasteiger partial charge in [-0.2, -0.15) is 5.10 Å². The Bertz CT molecular complexity index is 1270. The van der Waals surface area contributed by atoms with Crippen LogP contribution in [0.2, 0.25) is 0 Å². The summed E-state index contributed by atoms with van der Waals surface area (Å²) in [4.78, 5) is 22.1. The number of hydrogen-bond donors (Lipinski definition) is 1. The van der Waals surface area contributed by atoms with E-state index < -0.39 is 0 Å². The number of aromatic nitrogens is 3. The minimum absolute atomic E-state index is 0.200. The monoisotopic (exact) mass is 420 g/mol. The zero-order chi connectivity index (χ0) is 21.5. The molecule has 0 bridgehead atoms. The second kappa shape index (κ2) is 7.59. The second-order valence-electron chi connectivity index (χ2n) is 7.82. The molecule has 0 unspecified atom stereocenters. The Morgan fingerprint density at radius 1 is 1.10 bits per heavy atom. The highest BCUT2D eigenvalue weighted by atomic mass is 16.5. The van der Waals surface area contributed by atoms with Crippen molar-refractivity contribution >= 4 is 39.4 Å². The Morgan fingerprint density at radius 2 is 1.90 bits per heavy atom. The maximum atomic E-state index is 12.9. The molecule has 31 heavy (non-hydrogen) atoms. The zero-order valence-electron chi connectivity index (χ0n) is 17.8. The molecule has 9 nitrogen and oxygen atoms in total. The number of methoxy groups -OCH3 is 1. The summed E-state index contributed by atoms with van der Waals surface area (Å²) in [6, 6.07) is 9.13. The van der Waals surface area contributed by atoms with E-state index in [0.29, 0.717) is 22.5 Å². The number of rotatable bonds is 4. The van der Waals surface area contributed by atoms with Crippen LogP contribution < -0.4 is 15.0 Å². The first-order valence-corrected chi connectivity index (χ1v) is 10.2. The van der Waals surface area contributed by atoms with Gasteiger partial charge in [0.15, 0.2) is 11.3 Å². The number of benzene rings is 1. The van der Waals surface area contributed by atoms with Gasteiger partial charge in [-0.1, -0.05) is 0 Å². The van der Waals surface area contributed by atoms with Crippen molar-refractivity contribution in [1.82, 2.24) is 19.7 Å².